The lowest BCUT2D eigenvalue weighted by molar-refractivity contribution is -0.882. The number of nitrogens with zero attached hydrogens (tertiary/aromatic N) is 2. The number of carbonyl (C=O) groups is 2. The maximum Gasteiger partial charge on any atom is 0.275 e. The third-order valence-corrected chi connectivity index (χ3v) is 8.13. The molecular formula is C34H72Br2N4O2. The lowest BCUT2D eigenvalue weighted by atomic mass is 10.1. The molecule has 2 amide bonds. The van der Waals surface area contributed by atoms with Gasteiger partial charge in [-0.3, -0.25) is 9.59 Å². The van der Waals surface area contributed by atoms with E-state index in [9.17, 15) is 9.59 Å². The van der Waals surface area contributed by atoms with Crippen molar-refractivity contribution >= 4 is 11.8 Å². The Balaban J connectivity index is -0.00000760. The lowest BCUT2D eigenvalue weighted by Gasteiger charge is -2.29. The monoisotopic (exact) mass is 726 g/mol. The van der Waals surface area contributed by atoms with Gasteiger partial charge in [-0.05, 0) is 38.5 Å². The van der Waals surface area contributed by atoms with E-state index in [1.807, 2.05) is 0 Å². The highest BCUT2D eigenvalue weighted by Crippen LogP contribution is 2.12. The van der Waals surface area contributed by atoms with E-state index in [1.165, 1.54) is 116 Å². The van der Waals surface area contributed by atoms with Crippen molar-refractivity contribution in [3.63, 3.8) is 0 Å². The molecule has 0 saturated heterocycles. The smallest absolute Gasteiger partial charge is 0.275 e. The molecule has 0 unspecified atom stereocenters. The van der Waals surface area contributed by atoms with Crippen LogP contribution in [-0.4, -0.2) is 88.2 Å². The fourth-order valence-electron chi connectivity index (χ4n) is 5.45. The maximum absolute atomic E-state index is 12.3. The molecule has 42 heavy (non-hydrogen) atoms. The summed E-state index contributed by atoms with van der Waals surface area (Å²) in [4.78, 5) is 24.6. The molecule has 0 rings (SSSR count). The molecule has 0 aliphatic carbocycles. The van der Waals surface area contributed by atoms with Gasteiger partial charge in [-0.1, -0.05) is 104 Å². The van der Waals surface area contributed by atoms with Gasteiger partial charge in [0.15, 0.2) is 13.1 Å². The van der Waals surface area contributed by atoms with Crippen molar-refractivity contribution in [3.05, 3.63) is 0 Å². The van der Waals surface area contributed by atoms with E-state index in [0.717, 1.165) is 48.0 Å². The molecule has 0 spiro atoms. The molecule has 0 radical (unpaired) electrons. The molecule has 0 aromatic heterocycles. The molecule has 0 fully saturated rings. The van der Waals surface area contributed by atoms with Crippen molar-refractivity contribution < 1.29 is 52.5 Å². The zero-order chi connectivity index (χ0) is 30.0. The van der Waals surface area contributed by atoms with Crippen LogP contribution >= 0.6 is 0 Å². The second-order valence-electron chi connectivity index (χ2n) is 13.7. The summed E-state index contributed by atoms with van der Waals surface area (Å²) in [6, 6.07) is 0. The highest BCUT2D eigenvalue weighted by Gasteiger charge is 2.20. The van der Waals surface area contributed by atoms with E-state index in [-0.39, 0.29) is 45.8 Å². The van der Waals surface area contributed by atoms with Crippen molar-refractivity contribution in [1.29, 1.82) is 0 Å². The Morgan fingerprint density at radius 2 is 0.690 bits per heavy atom. The van der Waals surface area contributed by atoms with Gasteiger partial charge in [-0.15, -0.1) is 0 Å². The van der Waals surface area contributed by atoms with E-state index in [4.69, 9.17) is 0 Å². The van der Waals surface area contributed by atoms with Crippen molar-refractivity contribution in [1.82, 2.24) is 10.6 Å². The summed E-state index contributed by atoms with van der Waals surface area (Å²) < 4.78 is 1.57. The fraction of sp³-hybridized carbons (Fsp3) is 0.941. The Hall–Kier alpha value is -0.180. The highest BCUT2D eigenvalue weighted by molar-refractivity contribution is 5.77. The molecule has 0 aromatic carbocycles. The molecule has 254 valence electrons. The van der Waals surface area contributed by atoms with Gasteiger partial charge in [0, 0.05) is 13.1 Å². The van der Waals surface area contributed by atoms with Gasteiger partial charge in [-0.25, -0.2) is 0 Å². The van der Waals surface area contributed by atoms with Gasteiger partial charge in [0.1, 0.15) is 0 Å². The first-order chi connectivity index (χ1) is 19.1. The van der Waals surface area contributed by atoms with Crippen LogP contribution in [0.1, 0.15) is 142 Å². The predicted molar refractivity (Wildman–Crippen MR) is 173 cm³/mol. The number of halogens is 2. The first kappa shape index (κ1) is 46.2. The molecule has 8 heteroatoms. The minimum absolute atomic E-state index is 0. The van der Waals surface area contributed by atoms with Crippen LogP contribution in [0.2, 0.25) is 0 Å². The van der Waals surface area contributed by atoms with Crippen molar-refractivity contribution in [2.24, 2.45) is 0 Å². The third kappa shape index (κ3) is 32.7. The number of rotatable bonds is 29. The second kappa shape index (κ2) is 30.8. The molecule has 0 heterocycles. The van der Waals surface area contributed by atoms with Crippen molar-refractivity contribution in [3.8, 4) is 0 Å². The molecular weight excluding hydrogens is 656 g/mol. The van der Waals surface area contributed by atoms with E-state index < -0.39 is 0 Å². The maximum atomic E-state index is 12.3. The quantitative estimate of drug-likeness (QED) is 0.0901. The fourth-order valence-corrected chi connectivity index (χ4v) is 5.45. The summed E-state index contributed by atoms with van der Waals surface area (Å²) in [5.74, 6) is 0.406. The van der Waals surface area contributed by atoms with Crippen LogP contribution < -0.4 is 44.6 Å². The molecule has 0 bridgehead atoms. The van der Waals surface area contributed by atoms with Crippen molar-refractivity contribution in [2.45, 2.75) is 142 Å². The Morgan fingerprint density at radius 3 is 1.00 bits per heavy atom. The summed E-state index contributed by atoms with van der Waals surface area (Å²) in [5, 5.41) is 6.25. The van der Waals surface area contributed by atoms with Crippen LogP contribution in [-0.2, 0) is 9.59 Å². The molecule has 0 aliphatic heterocycles. The predicted octanol–water partition coefficient (Wildman–Crippen LogP) is 1.22. The van der Waals surface area contributed by atoms with E-state index in [0.29, 0.717) is 13.1 Å². The van der Waals surface area contributed by atoms with Gasteiger partial charge in [0.25, 0.3) is 11.8 Å². The van der Waals surface area contributed by atoms with Gasteiger partial charge in [0.05, 0.1) is 41.3 Å². The largest absolute Gasteiger partial charge is 1.00 e. The summed E-state index contributed by atoms with van der Waals surface area (Å²) >= 11 is 0. The van der Waals surface area contributed by atoms with Gasteiger partial charge >= 0.3 is 0 Å². The van der Waals surface area contributed by atoms with Crippen LogP contribution in [0.25, 0.3) is 0 Å². The summed E-state index contributed by atoms with van der Waals surface area (Å²) in [7, 11) is 8.74. The first-order valence-electron chi connectivity index (χ1n) is 17.3. The molecule has 0 atom stereocenters. The van der Waals surface area contributed by atoms with E-state index >= 15 is 0 Å². The number of hydrogen-bond acceptors (Lipinski definition) is 2. The van der Waals surface area contributed by atoms with Gasteiger partial charge in [-0.2, -0.15) is 0 Å². The minimum Gasteiger partial charge on any atom is -1.00 e. The Labute approximate surface area is 283 Å². The second-order valence-corrected chi connectivity index (χ2v) is 13.7. The summed E-state index contributed by atoms with van der Waals surface area (Å²) in [5.41, 5.74) is 0. The number of unbranched alkanes of at least 4 members (excludes halogenated alkanes) is 17. The minimum atomic E-state index is 0. The molecule has 2 N–H and O–H groups in total. The normalized spacial score (nSPS) is 11.5. The average molecular weight is 729 g/mol. The van der Waals surface area contributed by atoms with Crippen LogP contribution in [0.5, 0.6) is 0 Å². The third-order valence-electron chi connectivity index (χ3n) is 8.13. The van der Waals surface area contributed by atoms with E-state index in [2.05, 4.69) is 52.7 Å². The topological polar surface area (TPSA) is 58.2 Å². The Kier molecular flexibility index (Phi) is 33.9. The van der Waals surface area contributed by atoms with Crippen LogP contribution in [0.3, 0.4) is 0 Å². The van der Waals surface area contributed by atoms with Crippen LogP contribution in [0.15, 0.2) is 0 Å². The average Bonchev–Trinajstić information content (AvgIpc) is 2.88. The lowest BCUT2D eigenvalue weighted by Crippen LogP contribution is -3.00. The molecule has 0 aromatic rings. The zero-order valence-electron chi connectivity index (χ0n) is 28.9. The zero-order valence-corrected chi connectivity index (χ0v) is 32.0. The Bertz CT molecular complexity index is 566. The Morgan fingerprint density at radius 1 is 0.429 bits per heavy atom. The SMILES string of the molecule is CCCCCCCCNC(=O)C[N+](C)(C)CCCCCCCCCC[N+](C)(C)CC(=O)NCCCCCCCC.[Br-].[Br-]. The number of quaternary nitrogens is 2. The summed E-state index contributed by atoms with van der Waals surface area (Å²) in [6.45, 7) is 9.47. The van der Waals surface area contributed by atoms with Crippen LogP contribution in [0, 0.1) is 0 Å². The van der Waals surface area contributed by atoms with E-state index in [1.54, 1.807) is 0 Å². The number of amides is 2. The number of nitrogens with one attached hydrogen (secondary N) is 2. The van der Waals surface area contributed by atoms with Gasteiger partial charge in [0.2, 0.25) is 0 Å². The van der Waals surface area contributed by atoms with Gasteiger partial charge < -0.3 is 53.6 Å². The standard InChI is InChI=1S/C34H70N4O2.2BrH/c1-7-9-11-13-19-23-27-35-33(39)31-37(3,4)29-25-21-17-15-16-18-22-26-30-38(5,6)32-34(40)36-28-24-20-14-12-10-8-2;;/h7-32H2,1-6H3;2*1H. The molecule has 0 aliphatic rings. The molecule has 0 saturated carbocycles. The highest BCUT2D eigenvalue weighted by atomic mass is 79.9. The number of carbonyl (C=O) groups excluding carboxylic acids is 2. The number of likely N-dealkylation sites (N-methyl/N-ethyl adjacent to an activating group) is 2. The number of hydrogen-bond donors (Lipinski definition) is 2. The molecule has 6 nitrogen and oxygen atoms in total. The van der Waals surface area contributed by atoms with Crippen molar-refractivity contribution in [2.75, 3.05) is 67.5 Å². The summed E-state index contributed by atoms with van der Waals surface area (Å²) in [6.07, 6.45) is 25.3. The van der Waals surface area contributed by atoms with Crippen LogP contribution in [0.4, 0.5) is 0 Å². The first-order valence-corrected chi connectivity index (χ1v) is 17.3.